The second-order valence-corrected chi connectivity index (χ2v) is 4.97. The van der Waals surface area contributed by atoms with Crippen molar-refractivity contribution in [3.05, 3.63) is 35.4 Å². The zero-order chi connectivity index (χ0) is 9.76. The maximum atomic E-state index is 11.6. The van der Waals surface area contributed by atoms with E-state index in [0.717, 1.165) is 12.8 Å². The first-order chi connectivity index (χ1) is 6.69. The number of hydrogen-bond donors (Lipinski definition) is 0. The van der Waals surface area contributed by atoms with Crippen molar-refractivity contribution in [3.8, 4) is 0 Å². The molecular formula is C13H14O. The summed E-state index contributed by atoms with van der Waals surface area (Å²) >= 11 is 0. The van der Waals surface area contributed by atoms with Crippen molar-refractivity contribution in [2.45, 2.75) is 37.5 Å². The molecule has 1 aromatic rings. The highest BCUT2D eigenvalue weighted by atomic mass is 16.1. The Morgan fingerprint density at radius 3 is 3.00 bits per heavy atom. The summed E-state index contributed by atoms with van der Waals surface area (Å²) in [6.07, 6.45) is 2.70. The van der Waals surface area contributed by atoms with Gasteiger partial charge in [0.25, 0.3) is 0 Å². The molecule has 1 saturated carbocycles. The van der Waals surface area contributed by atoms with E-state index in [1.807, 2.05) is 0 Å². The van der Waals surface area contributed by atoms with Gasteiger partial charge in [-0.15, -0.1) is 0 Å². The van der Waals surface area contributed by atoms with Crippen LogP contribution >= 0.6 is 0 Å². The van der Waals surface area contributed by atoms with Crippen LogP contribution in [0.3, 0.4) is 0 Å². The zero-order valence-electron chi connectivity index (χ0n) is 8.42. The fraction of sp³-hybridized carbons (Fsp3) is 0.462. The molecule has 0 aromatic heterocycles. The van der Waals surface area contributed by atoms with Crippen LogP contribution in [0.2, 0.25) is 0 Å². The lowest BCUT2D eigenvalue weighted by atomic mass is 9.74. The Balaban J connectivity index is 2.21. The van der Waals surface area contributed by atoms with Crippen molar-refractivity contribution in [2.75, 3.05) is 0 Å². The predicted octanol–water partition coefficient (Wildman–Crippen LogP) is 2.79. The summed E-state index contributed by atoms with van der Waals surface area (Å²) in [5, 5.41) is 0. The van der Waals surface area contributed by atoms with Crippen LogP contribution in [-0.2, 0) is 10.2 Å². The van der Waals surface area contributed by atoms with Crippen molar-refractivity contribution in [3.63, 3.8) is 0 Å². The highest BCUT2D eigenvalue weighted by Crippen LogP contribution is 2.52. The molecule has 1 heteroatoms. The minimum atomic E-state index is 0.149. The van der Waals surface area contributed by atoms with E-state index in [9.17, 15) is 4.79 Å². The fourth-order valence-electron chi connectivity index (χ4n) is 3.30. The summed E-state index contributed by atoms with van der Waals surface area (Å²) < 4.78 is 0. The molecule has 2 aliphatic carbocycles. The highest BCUT2D eigenvalue weighted by Gasteiger charge is 2.45. The molecule has 2 bridgehead atoms. The lowest BCUT2D eigenvalue weighted by molar-refractivity contribution is -0.121. The lowest BCUT2D eigenvalue weighted by Crippen LogP contribution is -2.27. The fourth-order valence-corrected chi connectivity index (χ4v) is 3.30. The quantitative estimate of drug-likeness (QED) is 0.609. The van der Waals surface area contributed by atoms with Crippen molar-refractivity contribution < 1.29 is 4.79 Å². The molecule has 0 N–H and O–H groups in total. The third kappa shape index (κ3) is 0.927. The van der Waals surface area contributed by atoms with Crippen LogP contribution in [-0.4, -0.2) is 5.78 Å². The number of ketones is 1. The molecule has 0 radical (unpaired) electrons. The Labute approximate surface area is 84.1 Å². The minimum absolute atomic E-state index is 0.149. The van der Waals surface area contributed by atoms with Crippen LogP contribution in [0, 0.1) is 0 Å². The maximum Gasteiger partial charge on any atom is 0.134 e. The first kappa shape index (κ1) is 8.22. The van der Waals surface area contributed by atoms with Gasteiger partial charge in [0.05, 0.1) is 0 Å². The first-order valence-corrected chi connectivity index (χ1v) is 5.30. The van der Waals surface area contributed by atoms with Crippen LogP contribution < -0.4 is 0 Å². The molecule has 0 amide bonds. The van der Waals surface area contributed by atoms with Gasteiger partial charge in [-0.25, -0.2) is 0 Å². The summed E-state index contributed by atoms with van der Waals surface area (Å²) in [5.74, 6) is 0.956. The number of hydrogen-bond acceptors (Lipinski definition) is 1. The van der Waals surface area contributed by atoms with E-state index < -0.39 is 0 Å². The monoisotopic (exact) mass is 186 g/mol. The molecule has 3 rings (SSSR count). The molecule has 0 saturated heterocycles. The van der Waals surface area contributed by atoms with E-state index in [1.165, 1.54) is 17.5 Å². The Bertz CT molecular complexity index is 407. The maximum absolute atomic E-state index is 11.6. The van der Waals surface area contributed by atoms with E-state index in [-0.39, 0.29) is 5.41 Å². The van der Waals surface area contributed by atoms with Crippen molar-refractivity contribution in [2.24, 2.45) is 0 Å². The highest BCUT2D eigenvalue weighted by molar-refractivity contribution is 5.83. The molecule has 0 heterocycles. The molecule has 1 fully saturated rings. The van der Waals surface area contributed by atoms with Gasteiger partial charge < -0.3 is 0 Å². The van der Waals surface area contributed by atoms with Crippen LogP contribution in [0.15, 0.2) is 24.3 Å². The van der Waals surface area contributed by atoms with Crippen LogP contribution in [0.25, 0.3) is 0 Å². The van der Waals surface area contributed by atoms with Crippen molar-refractivity contribution in [1.29, 1.82) is 0 Å². The average molecular weight is 186 g/mol. The van der Waals surface area contributed by atoms with Crippen LogP contribution in [0.4, 0.5) is 0 Å². The van der Waals surface area contributed by atoms with Gasteiger partial charge in [0, 0.05) is 18.3 Å². The summed E-state index contributed by atoms with van der Waals surface area (Å²) in [7, 11) is 0. The lowest BCUT2D eigenvalue weighted by Gasteiger charge is -2.28. The Morgan fingerprint density at radius 1 is 1.36 bits per heavy atom. The average Bonchev–Trinajstić information content (AvgIpc) is 2.36. The second kappa shape index (κ2) is 2.47. The van der Waals surface area contributed by atoms with E-state index >= 15 is 0 Å². The Morgan fingerprint density at radius 2 is 2.14 bits per heavy atom. The standard InChI is InChI=1S/C13H14O/c1-13-7-9(6-10(14)8-13)11-4-2-3-5-12(11)13/h2-5,9H,6-8H2,1H3/t9-,13-/m0/s1. The molecule has 1 aromatic carbocycles. The predicted molar refractivity (Wildman–Crippen MR) is 55.4 cm³/mol. The third-order valence-electron chi connectivity index (χ3n) is 3.81. The molecule has 0 unspecified atom stereocenters. The number of carbonyl (C=O) groups is 1. The Kier molecular flexibility index (Phi) is 1.45. The molecule has 1 nitrogen and oxygen atoms in total. The van der Waals surface area contributed by atoms with Crippen molar-refractivity contribution >= 4 is 5.78 Å². The van der Waals surface area contributed by atoms with E-state index in [2.05, 4.69) is 31.2 Å². The van der Waals surface area contributed by atoms with E-state index in [0.29, 0.717) is 11.7 Å². The normalized spacial score (nSPS) is 34.4. The number of benzene rings is 1. The van der Waals surface area contributed by atoms with E-state index in [4.69, 9.17) is 0 Å². The second-order valence-electron chi connectivity index (χ2n) is 4.97. The minimum Gasteiger partial charge on any atom is -0.300 e. The number of carbonyl (C=O) groups excluding carboxylic acids is 1. The summed E-state index contributed by atoms with van der Waals surface area (Å²) in [6.45, 7) is 2.24. The molecular weight excluding hydrogens is 172 g/mol. The van der Waals surface area contributed by atoms with Crippen LogP contribution in [0.5, 0.6) is 0 Å². The third-order valence-corrected chi connectivity index (χ3v) is 3.81. The summed E-state index contributed by atoms with van der Waals surface area (Å²) in [5.41, 5.74) is 3.01. The van der Waals surface area contributed by atoms with Gasteiger partial charge in [0.15, 0.2) is 0 Å². The number of rotatable bonds is 0. The number of Topliss-reactive ketones (excluding diaryl/α,β-unsaturated/α-hetero) is 1. The van der Waals surface area contributed by atoms with E-state index in [1.54, 1.807) is 0 Å². The summed E-state index contributed by atoms with van der Waals surface area (Å²) in [6, 6.07) is 8.58. The molecule has 0 aliphatic heterocycles. The van der Waals surface area contributed by atoms with Crippen LogP contribution in [0.1, 0.15) is 43.2 Å². The van der Waals surface area contributed by atoms with Gasteiger partial charge in [0.2, 0.25) is 0 Å². The largest absolute Gasteiger partial charge is 0.300 e. The van der Waals surface area contributed by atoms with Gasteiger partial charge in [0.1, 0.15) is 5.78 Å². The smallest absolute Gasteiger partial charge is 0.134 e. The molecule has 2 atom stereocenters. The Hall–Kier alpha value is -1.11. The van der Waals surface area contributed by atoms with Gasteiger partial charge in [-0.3, -0.25) is 4.79 Å². The topological polar surface area (TPSA) is 17.1 Å². The zero-order valence-corrected chi connectivity index (χ0v) is 8.42. The van der Waals surface area contributed by atoms with Gasteiger partial charge in [-0.1, -0.05) is 31.2 Å². The van der Waals surface area contributed by atoms with Crippen molar-refractivity contribution in [1.82, 2.24) is 0 Å². The van der Waals surface area contributed by atoms with Gasteiger partial charge in [-0.05, 0) is 23.5 Å². The SMILES string of the molecule is C[C@@]12CC(=O)C[C@@H](C1)c1ccccc12. The number of fused-ring (bicyclic) bond motifs is 5. The summed E-state index contributed by atoms with van der Waals surface area (Å²) in [4.78, 5) is 11.6. The molecule has 2 aliphatic rings. The van der Waals surface area contributed by atoms with Gasteiger partial charge >= 0.3 is 0 Å². The first-order valence-electron chi connectivity index (χ1n) is 5.30. The molecule has 0 spiro atoms. The molecule has 72 valence electrons. The van der Waals surface area contributed by atoms with Gasteiger partial charge in [-0.2, -0.15) is 0 Å². The molecule has 14 heavy (non-hydrogen) atoms.